The summed E-state index contributed by atoms with van der Waals surface area (Å²) in [5.74, 6) is -1.92. The molecule has 0 radical (unpaired) electrons. The van der Waals surface area contributed by atoms with Crippen LogP contribution in [0.15, 0.2) is 6.33 Å². The number of rotatable bonds is 1. The lowest BCUT2D eigenvalue weighted by atomic mass is 9.80. The summed E-state index contributed by atoms with van der Waals surface area (Å²) >= 11 is 0. The minimum absolute atomic E-state index is 0.383. The fourth-order valence-corrected chi connectivity index (χ4v) is 1.51. The summed E-state index contributed by atoms with van der Waals surface area (Å²) in [4.78, 5) is 6.60. The van der Waals surface area contributed by atoms with E-state index in [9.17, 15) is 8.78 Å². The average molecular weight is 242 g/mol. The highest BCUT2D eigenvalue weighted by molar-refractivity contribution is 6.62. The van der Waals surface area contributed by atoms with E-state index in [0.717, 1.165) is 6.33 Å². The van der Waals surface area contributed by atoms with E-state index in [-0.39, 0.29) is 5.46 Å². The molecule has 1 aliphatic rings. The van der Waals surface area contributed by atoms with Crippen LogP contribution < -0.4 is 5.46 Å². The molecule has 2 rings (SSSR count). The fraction of sp³-hybridized carbons (Fsp3) is 0.600. The van der Waals surface area contributed by atoms with Crippen molar-refractivity contribution in [2.75, 3.05) is 0 Å². The Balaban J connectivity index is 2.39. The number of halogens is 2. The topological polar surface area (TPSA) is 44.2 Å². The Bertz CT molecular complexity index is 418. The van der Waals surface area contributed by atoms with E-state index in [1.54, 1.807) is 27.7 Å². The van der Waals surface area contributed by atoms with Crippen LogP contribution in [0.2, 0.25) is 0 Å². The summed E-state index contributed by atoms with van der Waals surface area (Å²) in [7, 11) is -1.12. The lowest BCUT2D eigenvalue weighted by Gasteiger charge is -2.32. The van der Waals surface area contributed by atoms with E-state index in [1.807, 2.05) is 0 Å². The summed E-state index contributed by atoms with van der Waals surface area (Å²) in [5, 5.41) is 0. The van der Waals surface area contributed by atoms with E-state index >= 15 is 0 Å². The van der Waals surface area contributed by atoms with Gasteiger partial charge in [0.25, 0.3) is 0 Å². The summed E-state index contributed by atoms with van der Waals surface area (Å²) in [5.41, 5.74) is -1.70. The van der Waals surface area contributed by atoms with Crippen LogP contribution in [0, 0.1) is 11.9 Å². The summed E-state index contributed by atoms with van der Waals surface area (Å²) in [6.45, 7) is 7.19. The van der Waals surface area contributed by atoms with Crippen molar-refractivity contribution in [3.05, 3.63) is 18.2 Å². The normalized spacial score (nSPS) is 21.9. The van der Waals surface area contributed by atoms with Crippen molar-refractivity contribution in [3.8, 4) is 0 Å². The Hall–Kier alpha value is -1.08. The van der Waals surface area contributed by atoms with Gasteiger partial charge in [0.2, 0.25) is 11.9 Å². The number of hydrogen-bond acceptors (Lipinski definition) is 4. The van der Waals surface area contributed by atoms with E-state index in [0.29, 0.717) is 0 Å². The first kappa shape index (κ1) is 12.4. The van der Waals surface area contributed by atoms with Gasteiger partial charge in [0.1, 0.15) is 6.33 Å². The van der Waals surface area contributed by atoms with E-state index in [1.165, 1.54) is 0 Å². The fourth-order valence-electron chi connectivity index (χ4n) is 1.51. The lowest BCUT2D eigenvalue weighted by Crippen LogP contribution is -2.41. The number of hydrogen-bond donors (Lipinski definition) is 0. The van der Waals surface area contributed by atoms with Gasteiger partial charge in [-0.25, -0.2) is 9.97 Å². The molecule has 1 fully saturated rings. The Kier molecular flexibility index (Phi) is 2.70. The average Bonchev–Trinajstić information content (AvgIpc) is 2.35. The largest absolute Gasteiger partial charge is 0.504 e. The van der Waals surface area contributed by atoms with Crippen molar-refractivity contribution in [2.24, 2.45) is 0 Å². The Morgan fingerprint density at radius 2 is 1.41 bits per heavy atom. The number of nitrogens with zero attached hydrogens (tertiary/aromatic N) is 2. The van der Waals surface area contributed by atoms with Gasteiger partial charge in [0.05, 0.1) is 16.7 Å². The second-order valence-electron chi connectivity index (χ2n) is 4.96. The zero-order chi connectivity index (χ0) is 12.8. The molecule has 0 atom stereocenters. The molecule has 4 nitrogen and oxygen atoms in total. The van der Waals surface area contributed by atoms with Gasteiger partial charge in [-0.15, -0.1) is 0 Å². The zero-order valence-corrected chi connectivity index (χ0v) is 10.1. The Labute approximate surface area is 98.5 Å². The van der Waals surface area contributed by atoms with Crippen LogP contribution in [0.25, 0.3) is 0 Å². The van der Waals surface area contributed by atoms with Crippen LogP contribution in [0.3, 0.4) is 0 Å². The number of aromatic nitrogens is 2. The molecule has 0 N–H and O–H groups in total. The van der Waals surface area contributed by atoms with Gasteiger partial charge in [-0.2, -0.15) is 8.78 Å². The van der Waals surface area contributed by atoms with Crippen molar-refractivity contribution >= 4 is 12.6 Å². The molecule has 1 aromatic rings. The van der Waals surface area contributed by atoms with Crippen molar-refractivity contribution in [1.82, 2.24) is 9.97 Å². The molecule has 92 valence electrons. The van der Waals surface area contributed by atoms with Gasteiger partial charge < -0.3 is 9.31 Å². The standard InChI is InChI=1S/C10H13BF2N2O2/c1-9(2)10(3,4)17-11(16-9)6-7(12)14-5-15-8(6)13/h5H,1-4H3. The molecule has 0 aliphatic carbocycles. The predicted octanol–water partition coefficient (Wildman–Crippen LogP) is 1.05. The van der Waals surface area contributed by atoms with Crippen LogP contribution in [-0.2, 0) is 9.31 Å². The molecule has 1 aliphatic heterocycles. The van der Waals surface area contributed by atoms with E-state index < -0.39 is 30.2 Å². The molecule has 0 spiro atoms. The van der Waals surface area contributed by atoms with Crippen molar-refractivity contribution in [1.29, 1.82) is 0 Å². The lowest BCUT2D eigenvalue weighted by molar-refractivity contribution is 0.00578. The molecule has 0 bridgehead atoms. The van der Waals surface area contributed by atoms with Crippen molar-refractivity contribution in [3.63, 3.8) is 0 Å². The minimum Gasteiger partial charge on any atom is -0.399 e. The smallest absolute Gasteiger partial charge is 0.399 e. The molecular formula is C10H13BF2N2O2. The first-order valence-electron chi connectivity index (χ1n) is 5.26. The predicted molar refractivity (Wildman–Crippen MR) is 57.7 cm³/mol. The van der Waals surface area contributed by atoms with Crippen LogP contribution >= 0.6 is 0 Å². The third-order valence-corrected chi connectivity index (χ3v) is 3.28. The second-order valence-corrected chi connectivity index (χ2v) is 4.96. The molecule has 0 saturated carbocycles. The monoisotopic (exact) mass is 242 g/mol. The maximum atomic E-state index is 13.5. The molecule has 0 unspecified atom stereocenters. The maximum absolute atomic E-state index is 13.5. The third kappa shape index (κ3) is 1.93. The molecule has 17 heavy (non-hydrogen) atoms. The third-order valence-electron chi connectivity index (χ3n) is 3.28. The highest BCUT2D eigenvalue weighted by atomic mass is 19.1. The highest BCUT2D eigenvalue weighted by Crippen LogP contribution is 2.36. The van der Waals surface area contributed by atoms with E-state index in [4.69, 9.17) is 9.31 Å². The molecule has 2 heterocycles. The molecule has 7 heteroatoms. The van der Waals surface area contributed by atoms with Gasteiger partial charge >= 0.3 is 7.12 Å². The quantitative estimate of drug-likeness (QED) is 0.545. The molecule has 0 aromatic carbocycles. The minimum atomic E-state index is -1.12. The van der Waals surface area contributed by atoms with Crippen LogP contribution in [0.1, 0.15) is 27.7 Å². The van der Waals surface area contributed by atoms with Gasteiger partial charge in [-0.1, -0.05) is 0 Å². The summed E-state index contributed by atoms with van der Waals surface area (Å²) < 4.78 is 38.0. The first-order valence-corrected chi connectivity index (χ1v) is 5.26. The molecule has 0 amide bonds. The van der Waals surface area contributed by atoms with Gasteiger partial charge in [-0.3, -0.25) is 0 Å². The van der Waals surface area contributed by atoms with Gasteiger partial charge in [-0.05, 0) is 27.7 Å². The summed E-state index contributed by atoms with van der Waals surface area (Å²) in [6, 6.07) is 0. The first-order chi connectivity index (χ1) is 7.74. The summed E-state index contributed by atoms with van der Waals surface area (Å²) in [6.07, 6.45) is 0.819. The second kappa shape index (κ2) is 3.71. The van der Waals surface area contributed by atoms with Gasteiger partial charge in [0.15, 0.2) is 0 Å². The maximum Gasteiger partial charge on any atom is 0.504 e. The van der Waals surface area contributed by atoms with Crippen LogP contribution in [-0.4, -0.2) is 28.3 Å². The highest BCUT2D eigenvalue weighted by Gasteiger charge is 2.53. The molecule has 1 aromatic heterocycles. The molecule has 1 saturated heterocycles. The van der Waals surface area contributed by atoms with Crippen LogP contribution in [0.4, 0.5) is 8.78 Å². The zero-order valence-electron chi connectivity index (χ0n) is 10.1. The molecular weight excluding hydrogens is 229 g/mol. The Morgan fingerprint density at radius 1 is 1.00 bits per heavy atom. The Morgan fingerprint density at radius 3 is 1.82 bits per heavy atom. The van der Waals surface area contributed by atoms with Crippen molar-refractivity contribution in [2.45, 2.75) is 38.9 Å². The van der Waals surface area contributed by atoms with Gasteiger partial charge in [0, 0.05) is 0 Å². The SMILES string of the molecule is CC1(C)OB(c2c(F)ncnc2F)OC1(C)C. The van der Waals surface area contributed by atoms with E-state index in [2.05, 4.69) is 9.97 Å². The van der Waals surface area contributed by atoms with Crippen molar-refractivity contribution < 1.29 is 18.1 Å². The van der Waals surface area contributed by atoms with Crippen LogP contribution in [0.5, 0.6) is 0 Å².